The number of rotatable bonds is 5. The molecule has 1 saturated heterocycles. The molecular formula is C20H21N3O3S. The monoisotopic (exact) mass is 383 g/mol. The molecular weight excluding hydrogens is 362 g/mol. The molecule has 2 aromatic carbocycles. The van der Waals surface area contributed by atoms with Crippen molar-refractivity contribution in [2.24, 2.45) is 0 Å². The van der Waals surface area contributed by atoms with Gasteiger partial charge in [-0.15, -0.1) is 0 Å². The number of phenolic OH excluding ortho intramolecular Hbond substituents is 1. The maximum Gasteiger partial charge on any atom is 0.281 e. The van der Waals surface area contributed by atoms with Crippen LogP contribution in [0.5, 0.6) is 5.75 Å². The van der Waals surface area contributed by atoms with E-state index in [0.29, 0.717) is 28.6 Å². The summed E-state index contributed by atoms with van der Waals surface area (Å²) in [4.78, 5) is 17.9. The van der Waals surface area contributed by atoms with Gasteiger partial charge < -0.3 is 20.0 Å². The van der Waals surface area contributed by atoms with E-state index >= 15 is 0 Å². The normalized spacial score (nSPS) is 15.7. The molecule has 7 heteroatoms. The Labute approximate surface area is 163 Å². The fraction of sp³-hybridized carbons (Fsp3) is 0.200. The van der Waals surface area contributed by atoms with Gasteiger partial charge in [-0.3, -0.25) is 9.69 Å². The van der Waals surface area contributed by atoms with Gasteiger partial charge in [0.25, 0.3) is 5.91 Å². The van der Waals surface area contributed by atoms with Crippen molar-refractivity contribution in [3.05, 3.63) is 59.8 Å². The number of hydrogen-bond donors (Lipinski definition) is 2. The molecule has 2 N–H and O–H groups in total. The topological polar surface area (TPSA) is 67.2 Å². The number of aliphatic hydroxyl groups is 1. The van der Waals surface area contributed by atoms with Crippen LogP contribution in [-0.2, 0) is 4.79 Å². The van der Waals surface area contributed by atoms with E-state index in [2.05, 4.69) is 0 Å². The van der Waals surface area contributed by atoms with Gasteiger partial charge in [0, 0.05) is 38.0 Å². The molecule has 0 bridgehead atoms. The number of anilines is 2. The minimum Gasteiger partial charge on any atom is -0.507 e. The summed E-state index contributed by atoms with van der Waals surface area (Å²) < 4.78 is 0. The number of likely N-dealkylation sites (N-methyl/N-ethyl adjacent to an activating group) is 2. The van der Waals surface area contributed by atoms with Crippen molar-refractivity contribution >= 4 is 40.7 Å². The summed E-state index contributed by atoms with van der Waals surface area (Å²) in [6.07, 6.45) is 1.63. The lowest BCUT2D eigenvalue weighted by Crippen LogP contribution is -2.30. The number of phenols is 1. The second-order valence-electron chi connectivity index (χ2n) is 6.24. The van der Waals surface area contributed by atoms with Crippen molar-refractivity contribution in [3.63, 3.8) is 0 Å². The van der Waals surface area contributed by atoms with E-state index in [9.17, 15) is 9.90 Å². The molecule has 6 nitrogen and oxygen atoms in total. The molecule has 1 aliphatic rings. The van der Waals surface area contributed by atoms with Crippen molar-refractivity contribution in [2.45, 2.75) is 0 Å². The lowest BCUT2D eigenvalue weighted by molar-refractivity contribution is -0.114. The van der Waals surface area contributed by atoms with E-state index in [4.69, 9.17) is 17.3 Å². The largest absolute Gasteiger partial charge is 0.507 e. The van der Waals surface area contributed by atoms with Crippen molar-refractivity contribution < 1.29 is 15.0 Å². The quantitative estimate of drug-likeness (QED) is 0.611. The standard InChI is InChI=1S/C20H21N3O3S/c1-21(10-11-24)16-9-8-14(18(25)13-16)12-17-19(26)23(20(27)22(17)2)15-6-4-3-5-7-15/h3-9,12-13,24-25H,10-11H2,1-2H3/b17-12+. The summed E-state index contributed by atoms with van der Waals surface area (Å²) >= 11 is 5.43. The Hall–Kier alpha value is -2.90. The SMILES string of the molecule is CN1C(=S)N(c2ccccc2)C(=O)/C1=C\c1ccc(N(C)CCO)cc1O. The van der Waals surface area contributed by atoms with Gasteiger partial charge in [0.15, 0.2) is 5.11 Å². The summed E-state index contributed by atoms with van der Waals surface area (Å²) in [5.41, 5.74) is 2.38. The number of amides is 1. The Morgan fingerprint density at radius 2 is 1.89 bits per heavy atom. The molecule has 1 heterocycles. The number of para-hydroxylation sites is 1. The third-order valence-electron chi connectivity index (χ3n) is 4.46. The molecule has 3 rings (SSSR count). The zero-order valence-electron chi connectivity index (χ0n) is 15.2. The van der Waals surface area contributed by atoms with Crippen LogP contribution in [0.1, 0.15) is 5.56 Å². The van der Waals surface area contributed by atoms with Crippen LogP contribution in [0.4, 0.5) is 11.4 Å². The molecule has 1 amide bonds. The molecule has 0 aliphatic carbocycles. The Morgan fingerprint density at radius 1 is 1.19 bits per heavy atom. The van der Waals surface area contributed by atoms with E-state index in [0.717, 1.165) is 5.69 Å². The van der Waals surface area contributed by atoms with Gasteiger partial charge in [0.05, 0.1) is 12.3 Å². The number of carbonyl (C=O) groups excluding carboxylic acids is 1. The highest BCUT2D eigenvalue weighted by Gasteiger charge is 2.36. The van der Waals surface area contributed by atoms with E-state index in [-0.39, 0.29) is 18.3 Å². The van der Waals surface area contributed by atoms with E-state index in [1.54, 1.807) is 30.2 Å². The van der Waals surface area contributed by atoms with Gasteiger partial charge in [-0.25, -0.2) is 0 Å². The summed E-state index contributed by atoms with van der Waals surface area (Å²) in [5, 5.41) is 19.8. The Balaban J connectivity index is 1.93. The van der Waals surface area contributed by atoms with Gasteiger partial charge in [0.2, 0.25) is 0 Å². The predicted octanol–water partition coefficient (Wildman–Crippen LogP) is 2.43. The summed E-state index contributed by atoms with van der Waals surface area (Å²) in [5.74, 6) is -0.190. The molecule has 0 spiro atoms. The van der Waals surface area contributed by atoms with Crippen LogP contribution in [0.15, 0.2) is 54.2 Å². The van der Waals surface area contributed by atoms with E-state index < -0.39 is 0 Å². The second kappa shape index (κ2) is 7.77. The molecule has 0 radical (unpaired) electrons. The number of aliphatic hydroxyl groups excluding tert-OH is 1. The maximum absolute atomic E-state index is 12.9. The lowest BCUT2D eigenvalue weighted by atomic mass is 10.1. The van der Waals surface area contributed by atoms with Crippen LogP contribution < -0.4 is 9.80 Å². The van der Waals surface area contributed by atoms with Crippen LogP contribution in [-0.4, -0.2) is 53.4 Å². The molecule has 27 heavy (non-hydrogen) atoms. The fourth-order valence-corrected chi connectivity index (χ4v) is 3.17. The third-order valence-corrected chi connectivity index (χ3v) is 4.92. The predicted molar refractivity (Wildman–Crippen MR) is 111 cm³/mol. The van der Waals surface area contributed by atoms with Gasteiger partial charge in [0.1, 0.15) is 11.4 Å². The summed E-state index contributed by atoms with van der Waals surface area (Å²) in [6.45, 7) is 0.483. The van der Waals surface area contributed by atoms with Crippen LogP contribution in [0, 0.1) is 0 Å². The number of hydrogen-bond acceptors (Lipinski definition) is 5. The minimum atomic E-state index is -0.241. The number of thiocarbonyl (C=S) groups is 1. The summed E-state index contributed by atoms with van der Waals surface area (Å²) in [6, 6.07) is 14.4. The molecule has 2 aromatic rings. The second-order valence-corrected chi connectivity index (χ2v) is 6.60. The Morgan fingerprint density at radius 3 is 2.52 bits per heavy atom. The van der Waals surface area contributed by atoms with Gasteiger partial charge in [-0.05, 0) is 42.6 Å². The molecule has 140 valence electrons. The molecule has 1 fully saturated rings. The third kappa shape index (κ3) is 3.65. The zero-order valence-corrected chi connectivity index (χ0v) is 16.0. The van der Waals surface area contributed by atoms with Crippen molar-refractivity contribution in [2.75, 3.05) is 37.0 Å². The Bertz CT molecular complexity index is 899. The van der Waals surface area contributed by atoms with E-state index in [1.807, 2.05) is 48.3 Å². The van der Waals surface area contributed by atoms with Crippen LogP contribution in [0.3, 0.4) is 0 Å². The molecule has 0 atom stereocenters. The number of benzene rings is 2. The van der Waals surface area contributed by atoms with Gasteiger partial charge >= 0.3 is 0 Å². The first-order chi connectivity index (χ1) is 12.9. The molecule has 0 aromatic heterocycles. The highest BCUT2D eigenvalue weighted by Crippen LogP contribution is 2.31. The number of carbonyl (C=O) groups is 1. The number of aromatic hydroxyl groups is 1. The van der Waals surface area contributed by atoms with Crippen LogP contribution in [0.2, 0.25) is 0 Å². The first-order valence-corrected chi connectivity index (χ1v) is 8.88. The highest BCUT2D eigenvalue weighted by molar-refractivity contribution is 7.80. The van der Waals surface area contributed by atoms with Crippen molar-refractivity contribution in [1.29, 1.82) is 0 Å². The molecule has 0 unspecified atom stereocenters. The zero-order chi connectivity index (χ0) is 19.6. The summed E-state index contributed by atoms with van der Waals surface area (Å²) in [7, 11) is 3.56. The van der Waals surface area contributed by atoms with Crippen LogP contribution in [0.25, 0.3) is 6.08 Å². The van der Waals surface area contributed by atoms with E-state index in [1.165, 1.54) is 4.90 Å². The average molecular weight is 383 g/mol. The molecule has 0 saturated carbocycles. The Kier molecular flexibility index (Phi) is 5.43. The minimum absolute atomic E-state index is 0.0229. The number of nitrogens with zero attached hydrogens (tertiary/aromatic N) is 3. The van der Waals surface area contributed by atoms with Crippen molar-refractivity contribution in [3.8, 4) is 5.75 Å². The molecule has 1 aliphatic heterocycles. The van der Waals surface area contributed by atoms with Crippen LogP contribution >= 0.6 is 12.2 Å². The first-order valence-electron chi connectivity index (χ1n) is 8.48. The van der Waals surface area contributed by atoms with Gasteiger partial charge in [-0.2, -0.15) is 0 Å². The maximum atomic E-state index is 12.9. The van der Waals surface area contributed by atoms with Gasteiger partial charge in [-0.1, -0.05) is 18.2 Å². The van der Waals surface area contributed by atoms with Crippen molar-refractivity contribution in [1.82, 2.24) is 4.90 Å². The first kappa shape index (κ1) is 18.9. The highest BCUT2D eigenvalue weighted by atomic mass is 32.1. The smallest absolute Gasteiger partial charge is 0.281 e. The lowest BCUT2D eigenvalue weighted by Gasteiger charge is -2.18. The average Bonchev–Trinajstić information content (AvgIpc) is 2.87. The fourth-order valence-electron chi connectivity index (χ4n) is 2.88.